The first-order chi connectivity index (χ1) is 4.09. The number of hydrogen-bond acceptors (Lipinski definition) is 1. The highest BCUT2D eigenvalue weighted by atomic mass is 14.8. The van der Waals surface area contributed by atoms with Gasteiger partial charge in [-0.05, 0) is 18.1 Å². The maximum Gasteiger partial charge on any atom is 0.0334 e. The molecule has 0 spiro atoms. The summed E-state index contributed by atoms with van der Waals surface area (Å²) in [5, 5.41) is 2.89. The number of rotatable bonds is 3. The third kappa shape index (κ3) is 2.17. The maximum absolute atomic E-state index is 3.76. The molecule has 0 aromatic heterocycles. The molecule has 0 aromatic rings. The van der Waals surface area contributed by atoms with Crippen molar-refractivity contribution in [1.29, 1.82) is 0 Å². The fourth-order valence-corrected chi connectivity index (χ4v) is 0.408. The van der Waals surface area contributed by atoms with E-state index in [2.05, 4.69) is 25.1 Å². The summed E-state index contributed by atoms with van der Waals surface area (Å²) in [5.41, 5.74) is 2.68. The quantitative estimate of drug-likeness (QED) is 0.565. The van der Waals surface area contributed by atoms with E-state index in [1.54, 1.807) is 0 Å². The summed E-state index contributed by atoms with van der Waals surface area (Å²) in [6, 6.07) is 0. The minimum atomic E-state index is 0.836. The van der Waals surface area contributed by atoms with Gasteiger partial charge in [-0.25, -0.2) is 0 Å². The summed E-state index contributed by atoms with van der Waals surface area (Å²) in [7, 11) is 1.82. The summed E-state index contributed by atoms with van der Waals surface area (Å²) < 4.78 is 0. The third-order valence-corrected chi connectivity index (χ3v) is 1.18. The van der Waals surface area contributed by atoms with Crippen LogP contribution in [0.3, 0.4) is 0 Å². The van der Waals surface area contributed by atoms with Gasteiger partial charge in [0.2, 0.25) is 0 Å². The van der Waals surface area contributed by atoms with Crippen LogP contribution in [0.25, 0.3) is 0 Å². The van der Waals surface area contributed by atoms with E-state index in [1.165, 1.54) is 0 Å². The minimum Gasteiger partial charge on any atom is -0.388 e. The Hall–Kier alpha value is -0.980. The number of hydrogen-bond donors (Lipinski definition) is 1. The molecule has 0 aliphatic rings. The summed E-state index contributed by atoms with van der Waals surface area (Å²) >= 11 is 0. The van der Waals surface area contributed by atoms with Crippen molar-refractivity contribution in [2.45, 2.75) is 6.92 Å². The van der Waals surface area contributed by atoms with Crippen LogP contribution in [0.15, 0.2) is 36.6 Å². The van der Waals surface area contributed by atoms with Crippen LogP contribution in [0.4, 0.5) is 0 Å². The Kier molecular flexibility index (Phi) is 2.79. The van der Waals surface area contributed by atoms with E-state index in [4.69, 9.17) is 0 Å². The summed E-state index contributed by atoms with van der Waals surface area (Å²) in [6.45, 7) is 13.1. The molecule has 1 nitrogen and oxygen atoms in total. The summed E-state index contributed by atoms with van der Waals surface area (Å²) in [6.07, 6.45) is 0. The zero-order chi connectivity index (χ0) is 7.44. The van der Waals surface area contributed by atoms with Crippen LogP contribution in [-0.4, -0.2) is 7.05 Å². The monoisotopic (exact) mass is 123 g/mol. The van der Waals surface area contributed by atoms with E-state index in [0.717, 1.165) is 16.8 Å². The molecule has 0 heterocycles. The van der Waals surface area contributed by atoms with Gasteiger partial charge in [0.15, 0.2) is 0 Å². The lowest BCUT2D eigenvalue weighted by Crippen LogP contribution is -2.06. The van der Waals surface area contributed by atoms with Crippen LogP contribution < -0.4 is 5.32 Å². The van der Waals surface area contributed by atoms with Crippen LogP contribution in [0.1, 0.15) is 6.92 Å². The van der Waals surface area contributed by atoms with Crippen LogP contribution >= 0.6 is 0 Å². The van der Waals surface area contributed by atoms with Crippen molar-refractivity contribution in [3.05, 3.63) is 36.6 Å². The highest BCUT2D eigenvalue weighted by Crippen LogP contribution is 2.09. The minimum absolute atomic E-state index is 0.836. The molecule has 0 aromatic carbocycles. The van der Waals surface area contributed by atoms with Crippen molar-refractivity contribution in [3.8, 4) is 0 Å². The highest BCUT2D eigenvalue weighted by Gasteiger charge is 1.95. The lowest BCUT2D eigenvalue weighted by atomic mass is 10.1. The highest BCUT2D eigenvalue weighted by molar-refractivity contribution is 5.38. The largest absolute Gasteiger partial charge is 0.388 e. The lowest BCUT2D eigenvalue weighted by molar-refractivity contribution is 1.01. The van der Waals surface area contributed by atoms with Gasteiger partial charge in [-0.2, -0.15) is 0 Å². The Labute approximate surface area is 56.8 Å². The van der Waals surface area contributed by atoms with Gasteiger partial charge in [-0.15, -0.1) is 0 Å². The van der Waals surface area contributed by atoms with Crippen molar-refractivity contribution in [2.24, 2.45) is 0 Å². The molecule has 9 heavy (non-hydrogen) atoms. The molecular formula is C8H13N. The second kappa shape index (κ2) is 3.13. The molecule has 50 valence electrons. The molecule has 1 N–H and O–H groups in total. The number of likely N-dealkylation sites (N-methyl/N-ethyl adjacent to an activating group) is 1. The standard InChI is InChI=1S/C8H13N/c1-6(2)7(3)8(4)9-5/h9H,1,3-4H2,2,5H3. The second-order valence-electron chi connectivity index (χ2n) is 1.99. The van der Waals surface area contributed by atoms with Gasteiger partial charge in [0.1, 0.15) is 0 Å². The molecule has 0 fully saturated rings. The molecular weight excluding hydrogens is 110 g/mol. The first-order valence-electron chi connectivity index (χ1n) is 2.81. The fraction of sp³-hybridized carbons (Fsp3) is 0.250. The molecule has 0 unspecified atom stereocenters. The average Bonchev–Trinajstić information content (AvgIpc) is 1.84. The fourth-order valence-electron chi connectivity index (χ4n) is 0.408. The molecule has 0 aliphatic carbocycles. The predicted octanol–water partition coefficient (Wildman–Crippen LogP) is 1.85. The van der Waals surface area contributed by atoms with Crippen LogP contribution in [0.2, 0.25) is 0 Å². The van der Waals surface area contributed by atoms with Gasteiger partial charge in [-0.1, -0.05) is 19.7 Å². The molecule has 0 rings (SSSR count). The average molecular weight is 123 g/mol. The zero-order valence-electron chi connectivity index (χ0n) is 6.12. The van der Waals surface area contributed by atoms with E-state index >= 15 is 0 Å². The van der Waals surface area contributed by atoms with E-state index < -0.39 is 0 Å². The molecule has 1 heteroatoms. The second-order valence-corrected chi connectivity index (χ2v) is 1.99. The Morgan fingerprint density at radius 3 is 1.78 bits per heavy atom. The van der Waals surface area contributed by atoms with Gasteiger partial charge in [-0.3, -0.25) is 0 Å². The number of allylic oxidation sites excluding steroid dienone is 1. The van der Waals surface area contributed by atoms with E-state index in [-0.39, 0.29) is 0 Å². The Morgan fingerprint density at radius 2 is 1.67 bits per heavy atom. The zero-order valence-corrected chi connectivity index (χ0v) is 6.12. The molecule has 0 saturated heterocycles. The van der Waals surface area contributed by atoms with Crippen LogP contribution in [0, 0.1) is 0 Å². The molecule has 0 saturated carbocycles. The molecule has 0 aliphatic heterocycles. The van der Waals surface area contributed by atoms with Crippen molar-refractivity contribution < 1.29 is 0 Å². The first-order valence-corrected chi connectivity index (χ1v) is 2.81. The van der Waals surface area contributed by atoms with Crippen molar-refractivity contribution in [3.63, 3.8) is 0 Å². The van der Waals surface area contributed by atoms with Gasteiger partial charge in [0.25, 0.3) is 0 Å². The third-order valence-electron chi connectivity index (χ3n) is 1.18. The van der Waals surface area contributed by atoms with Gasteiger partial charge in [0.05, 0.1) is 0 Å². The van der Waals surface area contributed by atoms with Gasteiger partial charge in [0, 0.05) is 12.7 Å². The summed E-state index contributed by atoms with van der Waals surface area (Å²) in [5.74, 6) is 0. The van der Waals surface area contributed by atoms with Crippen molar-refractivity contribution in [1.82, 2.24) is 5.32 Å². The molecule has 0 bridgehead atoms. The molecule has 0 atom stereocenters. The van der Waals surface area contributed by atoms with Crippen molar-refractivity contribution >= 4 is 0 Å². The lowest BCUT2D eigenvalue weighted by Gasteiger charge is -2.06. The van der Waals surface area contributed by atoms with Gasteiger partial charge >= 0.3 is 0 Å². The van der Waals surface area contributed by atoms with Crippen molar-refractivity contribution in [2.75, 3.05) is 7.05 Å². The Bertz CT molecular complexity index is 154. The van der Waals surface area contributed by atoms with E-state index in [9.17, 15) is 0 Å². The topological polar surface area (TPSA) is 12.0 Å². The normalized spacial score (nSPS) is 8.22. The predicted molar refractivity (Wildman–Crippen MR) is 42.2 cm³/mol. The molecule has 0 amide bonds. The van der Waals surface area contributed by atoms with E-state index in [0.29, 0.717) is 0 Å². The SMILES string of the molecule is C=C(C)C(=C)C(=C)NC. The Morgan fingerprint density at radius 1 is 1.22 bits per heavy atom. The maximum atomic E-state index is 3.76. The Balaban J connectivity index is 4.05. The van der Waals surface area contributed by atoms with Crippen LogP contribution in [0.5, 0.6) is 0 Å². The smallest absolute Gasteiger partial charge is 0.0334 e. The van der Waals surface area contributed by atoms with Crippen LogP contribution in [-0.2, 0) is 0 Å². The first kappa shape index (κ1) is 8.02. The number of nitrogens with one attached hydrogen (secondary N) is 1. The summed E-state index contributed by atoms with van der Waals surface area (Å²) in [4.78, 5) is 0. The van der Waals surface area contributed by atoms with E-state index in [1.807, 2.05) is 14.0 Å². The molecule has 0 radical (unpaired) electrons. The van der Waals surface area contributed by atoms with Gasteiger partial charge < -0.3 is 5.32 Å².